The van der Waals surface area contributed by atoms with Crippen LogP contribution in [0, 0.1) is 13.8 Å². The van der Waals surface area contributed by atoms with Crippen LogP contribution in [-0.2, 0) is 11.2 Å². The summed E-state index contributed by atoms with van der Waals surface area (Å²) < 4.78 is 0. The Bertz CT molecular complexity index is 390. The maximum atomic E-state index is 12.2. The van der Waals surface area contributed by atoms with Gasteiger partial charge in [-0.2, -0.15) is 5.10 Å². The molecule has 0 atom stereocenters. The van der Waals surface area contributed by atoms with Gasteiger partial charge in [0.2, 0.25) is 5.91 Å². The number of hydrogen-bond acceptors (Lipinski definition) is 3. The summed E-state index contributed by atoms with van der Waals surface area (Å²) in [6.07, 6.45) is 2.51. The number of nitrogens with zero attached hydrogens (tertiary/aromatic N) is 2. The zero-order valence-corrected chi connectivity index (χ0v) is 10.4. The van der Waals surface area contributed by atoms with Gasteiger partial charge in [-0.25, -0.2) is 0 Å². The van der Waals surface area contributed by atoms with Crippen molar-refractivity contribution >= 4 is 5.91 Å². The van der Waals surface area contributed by atoms with E-state index < -0.39 is 0 Å². The molecular weight excluding hydrogens is 218 g/mol. The van der Waals surface area contributed by atoms with E-state index in [2.05, 4.69) is 10.2 Å². The van der Waals surface area contributed by atoms with Gasteiger partial charge < -0.3 is 10.0 Å². The van der Waals surface area contributed by atoms with E-state index >= 15 is 0 Å². The molecule has 0 aromatic carbocycles. The van der Waals surface area contributed by atoms with Gasteiger partial charge in [0, 0.05) is 23.8 Å². The van der Waals surface area contributed by atoms with Crippen molar-refractivity contribution in [3.05, 3.63) is 17.0 Å². The largest absolute Gasteiger partial charge is 0.395 e. The van der Waals surface area contributed by atoms with E-state index in [1.165, 1.54) is 0 Å². The zero-order chi connectivity index (χ0) is 12.4. The third-order valence-electron chi connectivity index (χ3n) is 3.26. The summed E-state index contributed by atoms with van der Waals surface area (Å²) >= 11 is 0. The van der Waals surface area contributed by atoms with Gasteiger partial charge in [0.15, 0.2) is 0 Å². The Hall–Kier alpha value is -1.36. The standard InChI is InChI=1S/C12H19N3O2/c1-8-11(9(2)14-13-8)7-12(17)15(5-6-16)10-3-4-10/h10,16H,3-7H2,1-2H3,(H,13,14). The first-order valence-corrected chi connectivity index (χ1v) is 6.04. The van der Waals surface area contributed by atoms with Crippen LogP contribution < -0.4 is 0 Å². The lowest BCUT2D eigenvalue weighted by molar-refractivity contribution is -0.131. The molecule has 1 aliphatic carbocycles. The molecule has 94 valence electrons. The Kier molecular flexibility index (Phi) is 3.47. The Morgan fingerprint density at radius 3 is 2.71 bits per heavy atom. The number of nitrogens with one attached hydrogen (secondary N) is 1. The number of aliphatic hydroxyl groups is 1. The molecule has 1 aromatic rings. The summed E-state index contributed by atoms with van der Waals surface area (Å²) in [6, 6.07) is 0.349. The zero-order valence-electron chi connectivity index (χ0n) is 10.4. The van der Waals surface area contributed by atoms with E-state index in [4.69, 9.17) is 5.11 Å². The van der Waals surface area contributed by atoms with Crippen LogP contribution in [0.5, 0.6) is 0 Å². The molecule has 1 amide bonds. The van der Waals surface area contributed by atoms with Crippen molar-refractivity contribution in [1.29, 1.82) is 0 Å². The number of H-pyrrole nitrogens is 1. The molecule has 0 bridgehead atoms. The normalized spacial score (nSPS) is 15.0. The monoisotopic (exact) mass is 237 g/mol. The van der Waals surface area contributed by atoms with Crippen LogP contribution >= 0.6 is 0 Å². The first-order valence-electron chi connectivity index (χ1n) is 6.04. The third kappa shape index (κ3) is 2.66. The van der Waals surface area contributed by atoms with Crippen molar-refractivity contribution < 1.29 is 9.90 Å². The van der Waals surface area contributed by atoms with Crippen molar-refractivity contribution in [3.63, 3.8) is 0 Å². The smallest absolute Gasteiger partial charge is 0.227 e. The molecular formula is C12H19N3O2. The van der Waals surface area contributed by atoms with Gasteiger partial charge in [0.05, 0.1) is 18.7 Å². The summed E-state index contributed by atoms with van der Waals surface area (Å²) in [6.45, 7) is 4.31. The molecule has 0 aliphatic heterocycles. The SMILES string of the molecule is Cc1n[nH]c(C)c1CC(=O)N(CCO)C1CC1. The maximum Gasteiger partial charge on any atom is 0.227 e. The Labute approximate surface area is 101 Å². The van der Waals surface area contributed by atoms with Crippen LogP contribution in [0.15, 0.2) is 0 Å². The molecule has 5 nitrogen and oxygen atoms in total. The summed E-state index contributed by atoms with van der Waals surface area (Å²) in [7, 11) is 0. The van der Waals surface area contributed by atoms with Crippen LogP contribution in [0.3, 0.4) is 0 Å². The van der Waals surface area contributed by atoms with E-state index in [1.807, 2.05) is 13.8 Å². The average Bonchev–Trinajstić information content (AvgIpc) is 3.08. The van der Waals surface area contributed by atoms with E-state index in [1.54, 1.807) is 4.90 Å². The Morgan fingerprint density at radius 2 is 2.24 bits per heavy atom. The van der Waals surface area contributed by atoms with Crippen molar-refractivity contribution in [2.75, 3.05) is 13.2 Å². The van der Waals surface area contributed by atoms with Gasteiger partial charge in [0.1, 0.15) is 0 Å². The fourth-order valence-electron chi connectivity index (χ4n) is 2.09. The lowest BCUT2D eigenvalue weighted by atomic mass is 10.1. The molecule has 17 heavy (non-hydrogen) atoms. The van der Waals surface area contributed by atoms with Gasteiger partial charge in [-0.15, -0.1) is 0 Å². The quantitative estimate of drug-likeness (QED) is 0.786. The molecule has 2 rings (SSSR count). The van der Waals surface area contributed by atoms with Gasteiger partial charge >= 0.3 is 0 Å². The topological polar surface area (TPSA) is 69.2 Å². The molecule has 0 spiro atoms. The van der Waals surface area contributed by atoms with Crippen molar-refractivity contribution in [3.8, 4) is 0 Å². The lowest BCUT2D eigenvalue weighted by Crippen LogP contribution is -2.36. The highest BCUT2D eigenvalue weighted by molar-refractivity contribution is 5.80. The first kappa shape index (κ1) is 12.1. The molecule has 1 aliphatic rings. The second-order valence-electron chi connectivity index (χ2n) is 4.63. The average molecular weight is 237 g/mol. The Balaban J connectivity index is 2.04. The minimum absolute atomic E-state index is 0.0333. The first-order chi connectivity index (χ1) is 8.13. The van der Waals surface area contributed by atoms with Gasteiger partial charge in [0.25, 0.3) is 0 Å². The molecule has 2 N–H and O–H groups in total. The second kappa shape index (κ2) is 4.87. The van der Waals surface area contributed by atoms with Crippen molar-refractivity contribution in [2.45, 2.75) is 39.2 Å². The molecule has 1 saturated carbocycles. The summed E-state index contributed by atoms with van der Waals surface area (Å²) in [4.78, 5) is 14.0. The molecule has 1 aromatic heterocycles. The van der Waals surface area contributed by atoms with Gasteiger partial charge in [-0.05, 0) is 26.7 Å². The molecule has 0 saturated heterocycles. The number of aryl methyl sites for hydroxylation is 2. The molecule has 1 heterocycles. The summed E-state index contributed by atoms with van der Waals surface area (Å²) in [5, 5.41) is 16.0. The molecule has 0 unspecified atom stereocenters. The lowest BCUT2D eigenvalue weighted by Gasteiger charge is -2.21. The van der Waals surface area contributed by atoms with E-state index in [0.717, 1.165) is 29.8 Å². The maximum absolute atomic E-state index is 12.2. The number of aliphatic hydroxyl groups excluding tert-OH is 1. The Morgan fingerprint density at radius 1 is 1.53 bits per heavy atom. The van der Waals surface area contributed by atoms with Crippen LogP contribution in [0.2, 0.25) is 0 Å². The fourth-order valence-corrected chi connectivity index (χ4v) is 2.09. The minimum atomic E-state index is 0.0333. The highest BCUT2D eigenvalue weighted by Crippen LogP contribution is 2.27. The van der Waals surface area contributed by atoms with Gasteiger partial charge in [-0.1, -0.05) is 0 Å². The van der Waals surface area contributed by atoms with Crippen molar-refractivity contribution in [2.24, 2.45) is 0 Å². The van der Waals surface area contributed by atoms with Crippen LogP contribution in [-0.4, -0.2) is 45.3 Å². The highest BCUT2D eigenvalue weighted by atomic mass is 16.3. The number of carbonyl (C=O) groups is 1. The second-order valence-corrected chi connectivity index (χ2v) is 4.63. The number of aromatic amines is 1. The van der Waals surface area contributed by atoms with E-state index in [-0.39, 0.29) is 12.5 Å². The minimum Gasteiger partial charge on any atom is -0.395 e. The van der Waals surface area contributed by atoms with E-state index in [0.29, 0.717) is 19.0 Å². The van der Waals surface area contributed by atoms with Crippen molar-refractivity contribution in [1.82, 2.24) is 15.1 Å². The number of rotatable bonds is 5. The predicted molar refractivity (Wildman–Crippen MR) is 63.6 cm³/mol. The summed E-state index contributed by atoms with van der Waals surface area (Å²) in [5.74, 6) is 0.0918. The number of aromatic nitrogens is 2. The fraction of sp³-hybridized carbons (Fsp3) is 0.667. The number of hydrogen-bond donors (Lipinski definition) is 2. The number of carbonyl (C=O) groups excluding carboxylic acids is 1. The van der Waals surface area contributed by atoms with Crippen LogP contribution in [0.1, 0.15) is 29.8 Å². The van der Waals surface area contributed by atoms with Crippen LogP contribution in [0.25, 0.3) is 0 Å². The van der Waals surface area contributed by atoms with Crippen LogP contribution in [0.4, 0.5) is 0 Å². The molecule has 5 heteroatoms. The van der Waals surface area contributed by atoms with E-state index in [9.17, 15) is 4.79 Å². The third-order valence-corrected chi connectivity index (χ3v) is 3.26. The molecule has 0 radical (unpaired) electrons. The number of amides is 1. The predicted octanol–water partition coefficient (Wildman–Crippen LogP) is 0.552. The molecule has 1 fully saturated rings. The summed E-state index contributed by atoms with van der Waals surface area (Å²) in [5.41, 5.74) is 2.82. The highest BCUT2D eigenvalue weighted by Gasteiger charge is 2.32. The van der Waals surface area contributed by atoms with Gasteiger partial charge in [-0.3, -0.25) is 9.89 Å².